The van der Waals surface area contributed by atoms with E-state index >= 15 is 0 Å². The van der Waals surface area contributed by atoms with Gasteiger partial charge in [0.15, 0.2) is 0 Å². The van der Waals surface area contributed by atoms with Crippen molar-refractivity contribution in [2.45, 2.75) is 47.0 Å². The molecule has 0 aromatic carbocycles. The molecule has 0 N–H and O–H groups in total. The van der Waals surface area contributed by atoms with Crippen molar-refractivity contribution in [2.75, 3.05) is 0 Å². The number of carbonyl (C=O) groups is 1. The maximum absolute atomic E-state index is 10.6. The third kappa shape index (κ3) is 2.34. The molecule has 0 fully saturated rings. The van der Waals surface area contributed by atoms with Crippen LogP contribution in [0.4, 0.5) is 0 Å². The van der Waals surface area contributed by atoms with Crippen molar-refractivity contribution >= 4 is 6.29 Å². The Morgan fingerprint density at radius 2 is 2.07 bits per heavy atom. The van der Waals surface area contributed by atoms with Gasteiger partial charge in [-0.2, -0.15) is 0 Å². The van der Waals surface area contributed by atoms with E-state index in [1.165, 1.54) is 30.4 Å². The molecule has 0 unspecified atom stereocenters. The van der Waals surface area contributed by atoms with Crippen molar-refractivity contribution in [1.29, 1.82) is 0 Å². The van der Waals surface area contributed by atoms with Gasteiger partial charge in [-0.25, -0.2) is 0 Å². The Morgan fingerprint density at radius 3 is 2.57 bits per heavy atom. The molecule has 0 saturated heterocycles. The molecule has 0 aliphatic heterocycles. The first-order chi connectivity index (χ1) is 6.47. The first kappa shape index (κ1) is 11.2. The minimum absolute atomic E-state index is 0.243. The molecule has 0 saturated carbocycles. The van der Waals surface area contributed by atoms with E-state index in [1.54, 1.807) is 0 Å². The molecular weight excluding hydrogens is 172 g/mol. The van der Waals surface area contributed by atoms with Crippen molar-refractivity contribution < 1.29 is 4.79 Å². The monoisotopic (exact) mass is 192 g/mol. The lowest BCUT2D eigenvalue weighted by atomic mass is 9.72. The molecule has 1 aliphatic carbocycles. The van der Waals surface area contributed by atoms with E-state index in [0.717, 1.165) is 11.9 Å². The van der Waals surface area contributed by atoms with Crippen LogP contribution >= 0.6 is 0 Å². The molecule has 0 aromatic heterocycles. The molecule has 0 amide bonds. The lowest BCUT2D eigenvalue weighted by Crippen LogP contribution is -2.19. The van der Waals surface area contributed by atoms with Crippen LogP contribution in [0.3, 0.4) is 0 Å². The molecule has 14 heavy (non-hydrogen) atoms. The summed E-state index contributed by atoms with van der Waals surface area (Å²) >= 11 is 0. The van der Waals surface area contributed by atoms with Crippen molar-refractivity contribution in [3.63, 3.8) is 0 Å². The predicted molar refractivity (Wildman–Crippen MR) is 60.2 cm³/mol. The van der Waals surface area contributed by atoms with E-state index in [0.29, 0.717) is 0 Å². The minimum atomic E-state index is 0.243. The van der Waals surface area contributed by atoms with E-state index in [2.05, 4.69) is 26.8 Å². The number of aldehydes is 1. The van der Waals surface area contributed by atoms with E-state index in [4.69, 9.17) is 0 Å². The lowest BCUT2D eigenvalue weighted by molar-refractivity contribution is -0.104. The van der Waals surface area contributed by atoms with E-state index in [9.17, 15) is 4.79 Å². The van der Waals surface area contributed by atoms with Crippen molar-refractivity contribution in [1.82, 2.24) is 0 Å². The van der Waals surface area contributed by atoms with Crippen LogP contribution in [-0.4, -0.2) is 6.29 Å². The van der Waals surface area contributed by atoms with Gasteiger partial charge in [-0.15, -0.1) is 0 Å². The maximum Gasteiger partial charge on any atom is 0.145 e. The fourth-order valence-electron chi connectivity index (χ4n) is 2.22. The molecule has 1 aliphatic rings. The van der Waals surface area contributed by atoms with Gasteiger partial charge in [0.2, 0.25) is 0 Å². The highest BCUT2D eigenvalue weighted by Gasteiger charge is 2.26. The fraction of sp³-hybridized carbons (Fsp3) is 0.615. The summed E-state index contributed by atoms with van der Waals surface area (Å²) in [4.78, 5) is 10.6. The van der Waals surface area contributed by atoms with Crippen LogP contribution in [0.15, 0.2) is 22.8 Å². The zero-order chi connectivity index (χ0) is 10.8. The highest BCUT2D eigenvalue weighted by molar-refractivity contribution is 5.73. The Labute approximate surface area is 86.9 Å². The average molecular weight is 192 g/mol. The number of allylic oxidation sites excluding steroid dienone is 4. The average Bonchev–Trinajstić information content (AvgIpc) is 2.11. The van der Waals surface area contributed by atoms with Crippen LogP contribution in [0.1, 0.15) is 47.0 Å². The second-order valence-electron chi connectivity index (χ2n) is 4.94. The third-order valence-electron chi connectivity index (χ3n) is 3.10. The van der Waals surface area contributed by atoms with Gasteiger partial charge in [-0.05, 0) is 49.7 Å². The molecule has 0 atom stereocenters. The van der Waals surface area contributed by atoms with Gasteiger partial charge >= 0.3 is 0 Å². The second-order valence-corrected chi connectivity index (χ2v) is 4.94. The molecule has 0 heterocycles. The predicted octanol–water partition coefficient (Wildman–Crippen LogP) is 3.66. The normalized spacial score (nSPS) is 22.4. The van der Waals surface area contributed by atoms with Crippen LogP contribution in [0.5, 0.6) is 0 Å². The molecule has 0 aromatic rings. The van der Waals surface area contributed by atoms with Crippen LogP contribution in [0.25, 0.3) is 0 Å². The second kappa shape index (κ2) is 4.12. The number of hydrogen-bond donors (Lipinski definition) is 0. The lowest BCUT2D eigenvalue weighted by Gasteiger charge is -2.33. The van der Waals surface area contributed by atoms with Crippen LogP contribution in [0, 0.1) is 5.41 Å². The van der Waals surface area contributed by atoms with Crippen LogP contribution in [-0.2, 0) is 4.79 Å². The Morgan fingerprint density at radius 1 is 1.43 bits per heavy atom. The van der Waals surface area contributed by atoms with Crippen LogP contribution < -0.4 is 0 Å². The molecular formula is C13H20O. The molecule has 78 valence electrons. The van der Waals surface area contributed by atoms with Crippen molar-refractivity contribution in [2.24, 2.45) is 5.41 Å². The number of rotatable bonds is 2. The van der Waals surface area contributed by atoms with E-state index < -0.39 is 0 Å². The Hall–Kier alpha value is -0.850. The Kier molecular flexibility index (Phi) is 3.30. The summed E-state index contributed by atoms with van der Waals surface area (Å²) in [7, 11) is 0. The fourth-order valence-corrected chi connectivity index (χ4v) is 2.22. The summed E-state index contributed by atoms with van der Waals surface area (Å²) < 4.78 is 0. The molecule has 1 nitrogen and oxygen atoms in total. The summed E-state index contributed by atoms with van der Waals surface area (Å²) in [6.45, 7) is 8.59. The van der Waals surface area contributed by atoms with Gasteiger partial charge in [-0.3, -0.25) is 4.79 Å². The summed E-state index contributed by atoms with van der Waals surface area (Å²) in [6.07, 6.45) is 6.67. The highest BCUT2D eigenvalue weighted by atomic mass is 16.1. The van der Waals surface area contributed by atoms with E-state index in [-0.39, 0.29) is 5.41 Å². The summed E-state index contributed by atoms with van der Waals surface area (Å²) in [5, 5.41) is 0. The largest absolute Gasteiger partial charge is 0.298 e. The quantitative estimate of drug-likeness (QED) is 0.482. The van der Waals surface area contributed by atoms with Gasteiger partial charge in [0, 0.05) is 0 Å². The first-order valence-electron chi connectivity index (χ1n) is 5.31. The van der Waals surface area contributed by atoms with Crippen molar-refractivity contribution in [3.8, 4) is 0 Å². The van der Waals surface area contributed by atoms with Crippen LogP contribution in [0.2, 0.25) is 0 Å². The van der Waals surface area contributed by atoms with Gasteiger partial charge in [0.25, 0.3) is 0 Å². The van der Waals surface area contributed by atoms with Gasteiger partial charge < -0.3 is 0 Å². The summed E-state index contributed by atoms with van der Waals surface area (Å²) in [5.41, 5.74) is 3.89. The van der Waals surface area contributed by atoms with E-state index in [1.807, 2.05) is 6.92 Å². The maximum atomic E-state index is 10.6. The highest BCUT2D eigenvalue weighted by Crippen LogP contribution is 2.40. The minimum Gasteiger partial charge on any atom is -0.298 e. The zero-order valence-electron chi connectivity index (χ0n) is 9.68. The standard InChI is InChI=1S/C13H20O/c1-10(9-14)8-12-11(2)6-5-7-13(12,3)4/h8-9H,5-7H2,1-4H3/b10-8+. The van der Waals surface area contributed by atoms with Gasteiger partial charge in [-0.1, -0.05) is 25.5 Å². The molecule has 0 radical (unpaired) electrons. The summed E-state index contributed by atoms with van der Waals surface area (Å²) in [5.74, 6) is 0. The molecule has 0 spiro atoms. The first-order valence-corrected chi connectivity index (χ1v) is 5.31. The number of carbonyl (C=O) groups excluding carboxylic acids is 1. The smallest absolute Gasteiger partial charge is 0.145 e. The SMILES string of the molecule is CC1=C(/C=C(\C)C=O)C(C)(C)CCC1. The zero-order valence-corrected chi connectivity index (χ0v) is 9.68. The molecule has 1 rings (SSSR count). The van der Waals surface area contributed by atoms with Crippen molar-refractivity contribution in [3.05, 3.63) is 22.8 Å². The summed E-state index contributed by atoms with van der Waals surface area (Å²) in [6, 6.07) is 0. The molecule has 0 bridgehead atoms. The molecule has 1 heteroatoms. The Bertz CT molecular complexity index is 292. The topological polar surface area (TPSA) is 17.1 Å². The third-order valence-corrected chi connectivity index (χ3v) is 3.10. The number of hydrogen-bond acceptors (Lipinski definition) is 1. The van der Waals surface area contributed by atoms with Gasteiger partial charge in [0.1, 0.15) is 6.29 Å². The van der Waals surface area contributed by atoms with Gasteiger partial charge in [0.05, 0.1) is 0 Å². The Balaban J connectivity index is 3.08.